The number of methoxy groups -OCH3 is 1. The van der Waals surface area contributed by atoms with Crippen molar-refractivity contribution in [3.05, 3.63) is 64.7 Å². The third-order valence-electron chi connectivity index (χ3n) is 4.98. The number of carbonyl (C=O) groups is 3. The second kappa shape index (κ2) is 7.23. The van der Waals surface area contributed by atoms with Crippen LogP contribution in [0.5, 0.6) is 5.75 Å². The molecule has 0 saturated carbocycles. The third kappa shape index (κ3) is 3.18. The highest BCUT2D eigenvalue weighted by atomic mass is 16.5. The van der Waals surface area contributed by atoms with E-state index in [9.17, 15) is 14.4 Å². The van der Waals surface area contributed by atoms with Gasteiger partial charge in [0.2, 0.25) is 0 Å². The number of hydrogen-bond acceptors (Lipinski definition) is 4. The van der Waals surface area contributed by atoms with Gasteiger partial charge in [0.25, 0.3) is 17.7 Å². The molecule has 6 nitrogen and oxygen atoms in total. The zero-order chi connectivity index (χ0) is 19.7. The van der Waals surface area contributed by atoms with Gasteiger partial charge in [-0.25, -0.2) is 0 Å². The molecule has 1 atom stereocenters. The van der Waals surface area contributed by atoms with Crippen molar-refractivity contribution in [2.45, 2.75) is 19.9 Å². The van der Waals surface area contributed by atoms with Crippen LogP contribution in [0.25, 0.3) is 0 Å². The van der Waals surface area contributed by atoms with Gasteiger partial charge in [0.15, 0.2) is 0 Å². The highest BCUT2D eigenvalue weighted by Gasteiger charge is 2.34. The molecule has 2 aromatic carbocycles. The first-order valence-corrected chi connectivity index (χ1v) is 8.80. The molecule has 0 saturated heterocycles. The van der Waals surface area contributed by atoms with Gasteiger partial charge in [-0.2, -0.15) is 0 Å². The van der Waals surface area contributed by atoms with Crippen molar-refractivity contribution >= 4 is 17.7 Å². The minimum absolute atomic E-state index is 0.175. The van der Waals surface area contributed by atoms with E-state index in [0.717, 1.165) is 16.2 Å². The van der Waals surface area contributed by atoms with Crippen molar-refractivity contribution in [3.8, 4) is 5.75 Å². The summed E-state index contributed by atoms with van der Waals surface area (Å²) in [6.07, 6.45) is 0. The topological polar surface area (TPSA) is 66.9 Å². The van der Waals surface area contributed by atoms with Crippen molar-refractivity contribution in [2.24, 2.45) is 0 Å². The first-order valence-electron chi connectivity index (χ1n) is 8.80. The van der Waals surface area contributed by atoms with E-state index >= 15 is 0 Å². The summed E-state index contributed by atoms with van der Waals surface area (Å²) in [7, 11) is 3.04. The largest absolute Gasteiger partial charge is 0.497 e. The molecule has 27 heavy (non-hydrogen) atoms. The van der Waals surface area contributed by atoms with Gasteiger partial charge < -0.3 is 9.64 Å². The molecular formula is C21H22N2O4. The summed E-state index contributed by atoms with van der Waals surface area (Å²) in [5, 5.41) is 0. The SMILES string of the molecule is CCN(C(=O)c1ccc2c(c1)C(=O)N(C)C2=O)C(C)c1cccc(OC)c1. The Bertz CT molecular complexity index is 922. The zero-order valence-electron chi connectivity index (χ0n) is 15.9. The predicted molar refractivity (Wildman–Crippen MR) is 101 cm³/mol. The van der Waals surface area contributed by atoms with Crippen LogP contribution in [0.3, 0.4) is 0 Å². The number of amides is 3. The Morgan fingerprint density at radius 1 is 1.11 bits per heavy atom. The summed E-state index contributed by atoms with van der Waals surface area (Å²) in [4.78, 5) is 40.1. The van der Waals surface area contributed by atoms with Crippen LogP contribution in [-0.2, 0) is 0 Å². The standard InChI is InChI=1S/C21H22N2O4/c1-5-23(13(2)14-7-6-8-16(11-14)27-4)19(24)15-9-10-17-18(12-15)21(26)22(3)20(17)25/h6-13H,5H2,1-4H3. The van der Waals surface area contributed by atoms with Crippen molar-refractivity contribution < 1.29 is 19.1 Å². The number of ether oxygens (including phenoxy) is 1. The van der Waals surface area contributed by atoms with Crippen LogP contribution < -0.4 is 4.74 Å². The monoisotopic (exact) mass is 366 g/mol. The fourth-order valence-corrected chi connectivity index (χ4v) is 3.33. The molecule has 6 heteroatoms. The van der Waals surface area contributed by atoms with E-state index in [1.165, 1.54) is 13.1 Å². The first-order chi connectivity index (χ1) is 12.9. The molecule has 0 fully saturated rings. The number of hydrogen-bond donors (Lipinski definition) is 0. The second-order valence-electron chi connectivity index (χ2n) is 6.47. The summed E-state index contributed by atoms with van der Waals surface area (Å²) in [6, 6.07) is 12.1. The van der Waals surface area contributed by atoms with Gasteiger partial charge in [0.05, 0.1) is 24.3 Å². The molecular weight excluding hydrogens is 344 g/mol. The highest BCUT2D eigenvalue weighted by Crippen LogP contribution is 2.27. The van der Waals surface area contributed by atoms with Crippen molar-refractivity contribution in [1.82, 2.24) is 9.80 Å². The van der Waals surface area contributed by atoms with Gasteiger partial charge in [0.1, 0.15) is 5.75 Å². The number of benzene rings is 2. The second-order valence-corrected chi connectivity index (χ2v) is 6.47. The van der Waals surface area contributed by atoms with Gasteiger partial charge in [0, 0.05) is 19.2 Å². The van der Waals surface area contributed by atoms with Crippen LogP contribution in [0.15, 0.2) is 42.5 Å². The fourth-order valence-electron chi connectivity index (χ4n) is 3.33. The van der Waals surface area contributed by atoms with Gasteiger partial charge >= 0.3 is 0 Å². The lowest BCUT2D eigenvalue weighted by Crippen LogP contribution is -2.33. The van der Waals surface area contributed by atoms with Crippen molar-refractivity contribution in [2.75, 3.05) is 20.7 Å². The number of imide groups is 1. The Kier molecular flexibility index (Phi) is 4.99. The maximum absolute atomic E-state index is 13.1. The van der Waals surface area contributed by atoms with Crippen molar-refractivity contribution in [1.29, 1.82) is 0 Å². The summed E-state index contributed by atoms with van der Waals surface area (Å²) in [5.74, 6) is -0.183. The molecule has 1 heterocycles. The van der Waals surface area contributed by atoms with Crippen LogP contribution in [0.4, 0.5) is 0 Å². The smallest absolute Gasteiger partial charge is 0.261 e. The van der Waals surface area contributed by atoms with Gasteiger partial charge in [-0.15, -0.1) is 0 Å². The van der Waals surface area contributed by atoms with E-state index < -0.39 is 0 Å². The average Bonchev–Trinajstić information content (AvgIpc) is 2.92. The van der Waals surface area contributed by atoms with Crippen LogP contribution in [0.1, 0.15) is 56.5 Å². The number of rotatable bonds is 5. The Labute approximate surface area is 158 Å². The lowest BCUT2D eigenvalue weighted by Gasteiger charge is -2.29. The Morgan fingerprint density at radius 2 is 1.81 bits per heavy atom. The zero-order valence-corrected chi connectivity index (χ0v) is 15.9. The minimum atomic E-state index is -0.381. The molecule has 0 aliphatic carbocycles. The van der Waals surface area contributed by atoms with Crippen LogP contribution in [0.2, 0.25) is 0 Å². The normalized spacial score (nSPS) is 14.1. The van der Waals surface area contributed by atoms with E-state index in [-0.39, 0.29) is 29.3 Å². The molecule has 0 N–H and O–H groups in total. The van der Waals surface area contributed by atoms with Crippen LogP contribution in [-0.4, -0.2) is 48.2 Å². The molecule has 3 rings (SSSR count). The Balaban J connectivity index is 1.92. The lowest BCUT2D eigenvalue weighted by atomic mass is 10.0. The van der Waals surface area contributed by atoms with E-state index in [4.69, 9.17) is 4.74 Å². The number of carbonyl (C=O) groups excluding carboxylic acids is 3. The first kappa shape index (κ1) is 18.6. The van der Waals surface area contributed by atoms with E-state index in [2.05, 4.69) is 0 Å². The summed E-state index contributed by atoms with van der Waals surface area (Å²) in [5.41, 5.74) is 1.96. The Morgan fingerprint density at radius 3 is 2.48 bits per heavy atom. The van der Waals surface area contributed by atoms with Crippen LogP contribution in [0, 0.1) is 0 Å². The van der Waals surface area contributed by atoms with Gasteiger partial charge in [-0.05, 0) is 49.7 Å². The lowest BCUT2D eigenvalue weighted by molar-refractivity contribution is 0.0689. The summed E-state index contributed by atoms with van der Waals surface area (Å²) < 4.78 is 5.27. The minimum Gasteiger partial charge on any atom is -0.497 e. The fraction of sp³-hybridized carbons (Fsp3) is 0.286. The molecule has 2 aromatic rings. The molecule has 1 aliphatic rings. The van der Waals surface area contributed by atoms with Gasteiger partial charge in [-0.3, -0.25) is 19.3 Å². The molecule has 1 unspecified atom stereocenters. The molecule has 0 aromatic heterocycles. The van der Waals surface area contributed by atoms with Crippen molar-refractivity contribution in [3.63, 3.8) is 0 Å². The molecule has 140 valence electrons. The molecule has 1 aliphatic heterocycles. The molecule has 0 spiro atoms. The third-order valence-corrected chi connectivity index (χ3v) is 4.98. The van der Waals surface area contributed by atoms with E-state index in [0.29, 0.717) is 17.7 Å². The molecule has 3 amide bonds. The van der Waals surface area contributed by atoms with Crippen LogP contribution >= 0.6 is 0 Å². The maximum Gasteiger partial charge on any atom is 0.261 e. The van der Waals surface area contributed by atoms with E-state index in [1.54, 1.807) is 24.1 Å². The maximum atomic E-state index is 13.1. The summed E-state index contributed by atoms with van der Waals surface area (Å²) in [6.45, 7) is 4.36. The molecule has 0 radical (unpaired) electrons. The van der Waals surface area contributed by atoms with Gasteiger partial charge in [-0.1, -0.05) is 12.1 Å². The quantitative estimate of drug-likeness (QED) is 0.763. The van der Waals surface area contributed by atoms with E-state index in [1.807, 2.05) is 38.1 Å². The molecule has 0 bridgehead atoms. The summed E-state index contributed by atoms with van der Waals surface area (Å²) >= 11 is 0. The number of fused-ring (bicyclic) bond motifs is 1. The highest BCUT2D eigenvalue weighted by molar-refractivity contribution is 6.21. The average molecular weight is 366 g/mol. The predicted octanol–water partition coefficient (Wildman–Crippen LogP) is 3.14. The number of nitrogens with zero attached hydrogens (tertiary/aromatic N) is 2. The Hall–Kier alpha value is -3.15.